The molecular weight excluding hydrogens is 362 g/mol. The lowest BCUT2D eigenvalue weighted by molar-refractivity contribution is -0.121. The third-order valence-electron chi connectivity index (χ3n) is 4.38. The van der Waals surface area contributed by atoms with E-state index in [4.69, 9.17) is 4.74 Å². The molecule has 0 N–H and O–H groups in total. The van der Waals surface area contributed by atoms with Gasteiger partial charge in [0.25, 0.3) is 5.91 Å². The highest BCUT2D eigenvalue weighted by Gasteiger charge is 2.26. The molecule has 136 valence electrons. The van der Waals surface area contributed by atoms with Crippen molar-refractivity contribution >= 4 is 28.9 Å². The lowest BCUT2D eigenvalue weighted by Crippen LogP contribution is -2.33. The van der Waals surface area contributed by atoms with Crippen molar-refractivity contribution in [3.8, 4) is 10.7 Å². The van der Waals surface area contributed by atoms with Crippen LogP contribution < -0.4 is 4.90 Å². The van der Waals surface area contributed by atoms with E-state index in [1.54, 1.807) is 18.0 Å². The summed E-state index contributed by atoms with van der Waals surface area (Å²) in [5.74, 6) is -0.756. The van der Waals surface area contributed by atoms with Gasteiger partial charge in [-0.05, 0) is 37.1 Å². The molecule has 0 spiro atoms. The van der Waals surface area contributed by atoms with Gasteiger partial charge in [0.2, 0.25) is 0 Å². The molecule has 27 heavy (non-hydrogen) atoms. The molecule has 4 rings (SSSR count). The number of hydrogen-bond donors (Lipinski definition) is 0. The molecule has 1 aliphatic heterocycles. The summed E-state index contributed by atoms with van der Waals surface area (Å²) in [6, 6.07) is 13.3. The zero-order valence-corrected chi connectivity index (χ0v) is 15.5. The predicted molar refractivity (Wildman–Crippen MR) is 103 cm³/mol. The SMILES string of the molecule is Cc1nc(-c2ccccn2)sc1C(=O)OCC(=O)N1CCc2ccccc21. The van der Waals surface area contributed by atoms with Crippen LogP contribution in [0.25, 0.3) is 10.7 Å². The van der Waals surface area contributed by atoms with Crippen LogP contribution in [-0.2, 0) is 16.0 Å². The fraction of sp³-hybridized carbons (Fsp3) is 0.200. The number of aryl methyl sites for hydroxylation is 1. The topological polar surface area (TPSA) is 72.4 Å². The Hall–Kier alpha value is -3.06. The molecule has 1 amide bonds. The number of para-hydroxylation sites is 1. The molecule has 1 aliphatic rings. The molecule has 6 nitrogen and oxygen atoms in total. The lowest BCUT2D eigenvalue weighted by Gasteiger charge is -2.17. The second kappa shape index (κ2) is 7.28. The number of pyridine rings is 1. The predicted octanol–water partition coefficient (Wildman–Crippen LogP) is 3.26. The highest BCUT2D eigenvalue weighted by Crippen LogP contribution is 2.28. The van der Waals surface area contributed by atoms with E-state index in [-0.39, 0.29) is 12.5 Å². The van der Waals surface area contributed by atoms with Gasteiger partial charge in [0.05, 0.1) is 11.4 Å². The van der Waals surface area contributed by atoms with Crippen molar-refractivity contribution in [2.75, 3.05) is 18.1 Å². The number of esters is 1. The number of carbonyl (C=O) groups is 2. The van der Waals surface area contributed by atoms with Crippen LogP contribution in [-0.4, -0.2) is 35.0 Å². The maximum Gasteiger partial charge on any atom is 0.350 e. The summed E-state index contributed by atoms with van der Waals surface area (Å²) in [6.07, 6.45) is 2.49. The van der Waals surface area contributed by atoms with Crippen LogP contribution in [0.3, 0.4) is 0 Å². The van der Waals surface area contributed by atoms with E-state index in [2.05, 4.69) is 9.97 Å². The first-order valence-electron chi connectivity index (χ1n) is 8.57. The lowest BCUT2D eigenvalue weighted by atomic mass is 10.2. The fourth-order valence-corrected chi connectivity index (χ4v) is 3.99. The summed E-state index contributed by atoms with van der Waals surface area (Å²) < 4.78 is 5.27. The minimum absolute atomic E-state index is 0.222. The minimum atomic E-state index is -0.534. The van der Waals surface area contributed by atoms with Crippen LogP contribution in [0.4, 0.5) is 5.69 Å². The van der Waals surface area contributed by atoms with Crippen molar-refractivity contribution in [3.63, 3.8) is 0 Å². The van der Waals surface area contributed by atoms with Crippen molar-refractivity contribution in [2.24, 2.45) is 0 Å². The van der Waals surface area contributed by atoms with Gasteiger partial charge < -0.3 is 9.64 Å². The Bertz CT molecular complexity index is 1000. The Labute approximate surface area is 160 Å². The number of anilines is 1. The maximum absolute atomic E-state index is 12.5. The third kappa shape index (κ3) is 3.46. The van der Waals surface area contributed by atoms with E-state index in [0.717, 1.165) is 17.7 Å². The summed E-state index contributed by atoms with van der Waals surface area (Å²) in [5.41, 5.74) is 3.31. The second-order valence-corrected chi connectivity index (χ2v) is 7.15. The first-order valence-corrected chi connectivity index (χ1v) is 9.39. The Balaban J connectivity index is 1.43. The monoisotopic (exact) mass is 379 g/mol. The number of fused-ring (bicyclic) bond motifs is 1. The molecule has 0 unspecified atom stereocenters. The van der Waals surface area contributed by atoms with Crippen LogP contribution in [0.15, 0.2) is 48.7 Å². The summed E-state index contributed by atoms with van der Waals surface area (Å²) in [7, 11) is 0. The number of aromatic nitrogens is 2. The van der Waals surface area contributed by atoms with Gasteiger partial charge in [-0.25, -0.2) is 9.78 Å². The van der Waals surface area contributed by atoms with Crippen molar-refractivity contribution in [2.45, 2.75) is 13.3 Å². The number of hydrogen-bond acceptors (Lipinski definition) is 6. The summed E-state index contributed by atoms with van der Waals surface area (Å²) in [5, 5.41) is 0.653. The molecule has 3 heterocycles. The molecule has 7 heteroatoms. The Morgan fingerprint density at radius 3 is 2.81 bits per heavy atom. The van der Waals surface area contributed by atoms with Gasteiger partial charge in [-0.1, -0.05) is 24.3 Å². The number of benzene rings is 1. The first-order chi connectivity index (χ1) is 13.1. The Morgan fingerprint density at radius 1 is 1.19 bits per heavy atom. The van der Waals surface area contributed by atoms with Gasteiger partial charge in [0.1, 0.15) is 9.88 Å². The number of thiazole rings is 1. The zero-order chi connectivity index (χ0) is 18.8. The Morgan fingerprint density at radius 2 is 2.00 bits per heavy atom. The summed E-state index contributed by atoms with van der Waals surface area (Å²) >= 11 is 1.22. The summed E-state index contributed by atoms with van der Waals surface area (Å²) in [4.78, 5) is 35.6. The maximum atomic E-state index is 12.5. The number of nitrogens with zero attached hydrogens (tertiary/aromatic N) is 3. The average molecular weight is 379 g/mol. The third-order valence-corrected chi connectivity index (χ3v) is 5.54. The first kappa shape index (κ1) is 17.4. The molecule has 1 aromatic carbocycles. The zero-order valence-electron chi connectivity index (χ0n) is 14.7. The number of amides is 1. The van der Waals surface area contributed by atoms with Crippen LogP contribution >= 0.6 is 11.3 Å². The second-order valence-electron chi connectivity index (χ2n) is 6.15. The van der Waals surface area contributed by atoms with Crippen molar-refractivity contribution in [1.29, 1.82) is 0 Å². The van der Waals surface area contributed by atoms with Crippen LogP contribution in [0.2, 0.25) is 0 Å². The van der Waals surface area contributed by atoms with Gasteiger partial charge in [0.15, 0.2) is 6.61 Å². The molecule has 0 radical (unpaired) electrons. The van der Waals surface area contributed by atoms with Gasteiger partial charge in [-0.2, -0.15) is 0 Å². The van der Waals surface area contributed by atoms with Crippen molar-refractivity contribution in [1.82, 2.24) is 9.97 Å². The average Bonchev–Trinajstić information content (AvgIpc) is 3.30. The normalized spacial score (nSPS) is 12.7. The molecule has 0 fully saturated rings. The van der Waals surface area contributed by atoms with Gasteiger partial charge in [-0.3, -0.25) is 9.78 Å². The molecule has 3 aromatic rings. The largest absolute Gasteiger partial charge is 0.451 e. The molecule has 0 saturated heterocycles. The molecule has 0 saturated carbocycles. The molecule has 2 aromatic heterocycles. The van der Waals surface area contributed by atoms with E-state index in [0.29, 0.717) is 27.8 Å². The number of ether oxygens (including phenoxy) is 1. The minimum Gasteiger partial charge on any atom is -0.451 e. The van der Waals surface area contributed by atoms with E-state index < -0.39 is 5.97 Å². The molecule has 0 aliphatic carbocycles. The molecular formula is C20H17N3O3S. The van der Waals surface area contributed by atoms with Crippen LogP contribution in [0, 0.1) is 6.92 Å². The van der Waals surface area contributed by atoms with Gasteiger partial charge in [-0.15, -0.1) is 11.3 Å². The van der Waals surface area contributed by atoms with E-state index in [1.807, 2.05) is 42.5 Å². The van der Waals surface area contributed by atoms with Crippen molar-refractivity contribution in [3.05, 3.63) is 64.8 Å². The highest BCUT2D eigenvalue weighted by molar-refractivity contribution is 7.17. The van der Waals surface area contributed by atoms with Crippen LogP contribution in [0.1, 0.15) is 20.9 Å². The van der Waals surface area contributed by atoms with Crippen molar-refractivity contribution < 1.29 is 14.3 Å². The quantitative estimate of drug-likeness (QED) is 0.651. The van der Waals surface area contributed by atoms with Crippen LogP contribution in [0.5, 0.6) is 0 Å². The van der Waals surface area contributed by atoms with Gasteiger partial charge in [0, 0.05) is 18.4 Å². The Kier molecular flexibility index (Phi) is 4.68. The summed E-state index contributed by atoms with van der Waals surface area (Å²) in [6.45, 7) is 2.07. The van der Waals surface area contributed by atoms with E-state index in [9.17, 15) is 9.59 Å². The number of carbonyl (C=O) groups excluding carboxylic acids is 2. The van der Waals surface area contributed by atoms with Gasteiger partial charge >= 0.3 is 5.97 Å². The van der Waals surface area contributed by atoms with E-state index in [1.165, 1.54) is 11.3 Å². The highest BCUT2D eigenvalue weighted by atomic mass is 32.1. The fourth-order valence-electron chi connectivity index (χ4n) is 3.05. The molecule has 0 bridgehead atoms. The van der Waals surface area contributed by atoms with E-state index >= 15 is 0 Å². The number of rotatable bonds is 4. The smallest absolute Gasteiger partial charge is 0.350 e. The standard InChI is InChI=1S/C20H17N3O3S/c1-13-18(27-19(22-13)15-7-4-5-10-21-15)20(25)26-12-17(24)23-11-9-14-6-2-3-8-16(14)23/h2-8,10H,9,11-12H2,1H3. The molecule has 0 atom stereocenters.